The summed E-state index contributed by atoms with van der Waals surface area (Å²) >= 11 is 0. The van der Waals surface area contributed by atoms with Crippen molar-refractivity contribution in [1.82, 2.24) is 5.32 Å². The third kappa shape index (κ3) is 3.79. The van der Waals surface area contributed by atoms with E-state index in [4.69, 9.17) is 4.74 Å². The maximum atomic E-state index is 13.4. The summed E-state index contributed by atoms with van der Waals surface area (Å²) in [6, 6.07) is 9.87. The fourth-order valence-electron chi connectivity index (χ4n) is 2.09. The van der Waals surface area contributed by atoms with Crippen LogP contribution in [0, 0.1) is 11.6 Å². The lowest BCUT2D eigenvalue weighted by molar-refractivity contribution is 0.406. The maximum Gasteiger partial charge on any atom is 0.159 e. The van der Waals surface area contributed by atoms with Gasteiger partial charge in [-0.1, -0.05) is 26.0 Å². The molecule has 0 amide bonds. The number of nitrogens with one attached hydrogen (secondary N) is 1. The van der Waals surface area contributed by atoms with Gasteiger partial charge in [-0.2, -0.15) is 0 Å². The Labute approximate surface area is 123 Å². The Morgan fingerprint density at radius 2 is 1.67 bits per heavy atom. The molecule has 0 radical (unpaired) electrons. The first-order valence-corrected chi connectivity index (χ1v) is 6.87. The number of rotatable bonds is 5. The van der Waals surface area contributed by atoms with Crippen LogP contribution in [0.3, 0.4) is 0 Å². The third-order valence-electron chi connectivity index (χ3n) is 3.23. The fraction of sp³-hybridized carbons (Fsp3) is 0.294. The van der Waals surface area contributed by atoms with Crippen molar-refractivity contribution in [2.75, 3.05) is 7.11 Å². The van der Waals surface area contributed by atoms with E-state index in [-0.39, 0.29) is 0 Å². The Morgan fingerprint density at radius 3 is 2.29 bits per heavy atom. The number of halogens is 2. The molecule has 0 aliphatic carbocycles. The van der Waals surface area contributed by atoms with E-state index in [1.54, 1.807) is 13.2 Å². The highest BCUT2D eigenvalue weighted by Crippen LogP contribution is 2.27. The van der Waals surface area contributed by atoms with E-state index < -0.39 is 11.6 Å². The molecule has 0 bridgehead atoms. The van der Waals surface area contributed by atoms with Crippen LogP contribution in [0.15, 0.2) is 36.4 Å². The standard InChI is InChI=1S/C17H19F2NO/c1-11(2)20-10-14-8-12(5-7-17(14)21-3)13-4-6-15(18)16(19)9-13/h4-9,11,20H,10H2,1-3H3. The van der Waals surface area contributed by atoms with Crippen LogP contribution in [0.5, 0.6) is 5.75 Å². The molecule has 0 fully saturated rings. The molecule has 2 aromatic rings. The summed E-state index contributed by atoms with van der Waals surface area (Å²) in [6.45, 7) is 4.77. The molecule has 1 N–H and O–H groups in total. The summed E-state index contributed by atoms with van der Waals surface area (Å²) in [5, 5.41) is 3.32. The first-order valence-electron chi connectivity index (χ1n) is 6.87. The Balaban J connectivity index is 2.35. The van der Waals surface area contributed by atoms with Crippen molar-refractivity contribution < 1.29 is 13.5 Å². The Kier molecular flexibility index (Phi) is 4.91. The molecule has 21 heavy (non-hydrogen) atoms. The summed E-state index contributed by atoms with van der Waals surface area (Å²) in [5.74, 6) is -0.909. The highest BCUT2D eigenvalue weighted by atomic mass is 19.2. The molecule has 0 atom stereocenters. The lowest BCUT2D eigenvalue weighted by Crippen LogP contribution is -2.22. The van der Waals surface area contributed by atoms with Crippen LogP contribution < -0.4 is 10.1 Å². The maximum absolute atomic E-state index is 13.4. The van der Waals surface area contributed by atoms with Crippen LogP contribution in [0.25, 0.3) is 11.1 Å². The topological polar surface area (TPSA) is 21.3 Å². The van der Waals surface area contributed by atoms with Gasteiger partial charge in [-0.05, 0) is 35.4 Å². The highest BCUT2D eigenvalue weighted by molar-refractivity contribution is 5.65. The first-order chi connectivity index (χ1) is 10.0. The minimum atomic E-state index is -0.842. The molecule has 2 rings (SSSR count). The Morgan fingerprint density at radius 1 is 1.00 bits per heavy atom. The SMILES string of the molecule is COc1ccc(-c2ccc(F)c(F)c2)cc1CNC(C)C. The van der Waals surface area contributed by atoms with E-state index in [0.717, 1.165) is 22.9 Å². The average molecular weight is 291 g/mol. The zero-order valence-corrected chi connectivity index (χ0v) is 12.4. The van der Waals surface area contributed by atoms with Crippen LogP contribution >= 0.6 is 0 Å². The van der Waals surface area contributed by atoms with Crippen molar-refractivity contribution >= 4 is 0 Å². The zero-order chi connectivity index (χ0) is 15.4. The van der Waals surface area contributed by atoms with E-state index in [0.29, 0.717) is 18.2 Å². The number of methoxy groups -OCH3 is 1. The third-order valence-corrected chi connectivity index (χ3v) is 3.23. The molecule has 4 heteroatoms. The molecule has 0 aromatic heterocycles. The van der Waals surface area contributed by atoms with Crippen LogP contribution in [-0.2, 0) is 6.54 Å². The summed E-state index contributed by atoms with van der Waals surface area (Å²) < 4.78 is 31.7. The molecule has 0 saturated heterocycles. The van der Waals surface area contributed by atoms with E-state index in [1.807, 2.05) is 18.2 Å². The number of hydrogen-bond acceptors (Lipinski definition) is 2. The summed E-state index contributed by atoms with van der Waals surface area (Å²) in [4.78, 5) is 0. The summed E-state index contributed by atoms with van der Waals surface area (Å²) in [5.41, 5.74) is 2.45. The molecule has 0 unspecified atom stereocenters. The van der Waals surface area contributed by atoms with Gasteiger partial charge < -0.3 is 10.1 Å². The lowest BCUT2D eigenvalue weighted by atomic mass is 10.0. The minimum Gasteiger partial charge on any atom is -0.496 e. The van der Waals surface area contributed by atoms with Gasteiger partial charge in [0.15, 0.2) is 11.6 Å². The monoisotopic (exact) mass is 291 g/mol. The molecule has 0 saturated carbocycles. The van der Waals surface area contributed by atoms with Gasteiger partial charge in [-0.25, -0.2) is 8.78 Å². The van der Waals surface area contributed by atoms with Gasteiger partial charge >= 0.3 is 0 Å². The average Bonchev–Trinajstić information content (AvgIpc) is 2.47. The van der Waals surface area contributed by atoms with Gasteiger partial charge in [-0.3, -0.25) is 0 Å². The molecular weight excluding hydrogens is 272 g/mol. The number of benzene rings is 2. The van der Waals surface area contributed by atoms with Crippen molar-refractivity contribution in [2.45, 2.75) is 26.4 Å². The van der Waals surface area contributed by atoms with E-state index in [1.165, 1.54) is 6.07 Å². The smallest absolute Gasteiger partial charge is 0.159 e. The second-order valence-corrected chi connectivity index (χ2v) is 5.19. The number of hydrogen-bond donors (Lipinski definition) is 1. The summed E-state index contributed by atoms with van der Waals surface area (Å²) in [7, 11) is 1.62. The first kappa shape index (κ1) is 15.4. The van der Waals surface area contributed by atoms with Gasteiger partial charge in [0.05, 0.1) is 7.11 Å². The van der Waals surface area contributed by atoms with Gasteiger partial charge in [0.25, 0.3) is 0 Å². The molecule has 2 aromatic carbocycles. The van der Waals surface area contributed by atoms with Crippen LogP contribution in [0.4, 0.5) is 8.78 Å². The van der Waals surface area contributed by atoms with E-state index >= 15 is 0 Å². The van der Waals surface area contributed by atoms with Gasteiger partial charge in [0.2, 0.25) is 0 Å². The highest BCUT2D eigenvalue weighted by Gasteiger charge is 2.09. The number of ether oxygens (including phenoxy) is 1. The Hall–Kier alpha value is -1.94. The van der Waals surface area contributed by atoms with Crippen molar-refractivity contribution in [3.8, 4) is 16.9 Å². The molecular formula is C17H19F2NO. The molecule has 112 valence electrons. The molecule has 0 heterocycles. The van der Waals surface area contributed by atoms with Crippen LogP contribution in [-0.4, -0.2) is 13.2 Å². The van der Waals surface area contributed by atoms with Crippen molar-refractivity contribution in [3.63, 3.8) is 0 Å². The van der Waals surface area contributed by atoms with Crippen molar-refractivity contribution in [2.24, 2.45) is 0 Å². The van der Waals surface area contributed by atoms with Gasteiger partial charge in [0.1, 0.15) is 5.75 Å². The normalized spacial score (nSPS) is 11.0. The lowest BCUT2D eigenvalue weighted by Gasteiger charge is -2.13. The molecule has 0 spiro atoms. The molecule has 0 aliphatic heterocycles. The predicted octanol–water partition coefficient (Wildman–Crippen LogP) is 4.14. The van der Waals surface area contributed by atoms with Gasteiger partial charge in [-0.15, -0.1) is 0 Å². The van der Waals surface area contributed by atoms with Crippen LogP contribution in [0.2, 0.25) is 0 Å². The van der Waals surface area contributed by atoms with Crippen LogP contribution in [0.1, 0.15) is 19.4 Å². The second kappa shape index (κ2) is 6.68. The quantitative estimate of drug-likeness (QED) is 0.894. The summed E-state index contributed by atoms with van der Waals surface area (Å²) in [6.07, 6.45) is 0. The van der Waals surface area contributed by atoms with Gasteiger partial charge in [0, 0.05) is 18.2 Å². The van der Waals surface area contributed by atoms with E-state index in [2.05, 4.69) is 19.2 Å². The molecule has 2 nitrogen and oxygen atoms in total. The largest absolute Gasteiger partial charge is 0.496 e. The van der Waals surface area contributed by atoms with Crippen molar-refractivity contribution in [1.29, 1.82) is 0 Å². The Bertz CT molecular complexity index is 626. The predicted molar refractivity (Wildman–Crippen MR) is 80.3 cm³/mol. The molecule has 0 aliphatic rings. The van der Waals surface area contributed by atoms with E-state index in [9.17, 15) is 8.78 Å². The minimum absolute atomic E-state index is 0.349. The fourth-order valence-corrected chi connectivity index (χ4v) is 2.09. The zero-order valence-electron chi connectivity index (χ0n) is 12.4. The van der Waals surface area contributed by atoms with Crippen molar-refractivity contribution in [3.05, 3.63) is 53.6 Å². The second-order valence-electron chi connectivity index (χ2n) is 5.19.